The lowest BCUT2D eigenvalue weighted by atomic mass is 9.92. The van der Waals surface area contributed by atoms with E-state index >= 15 is 0 Å². The standard InChI is InChI=1S/C15H15F7N2O/c16-8-1-2-11(17)10(5-8)12-6-9(3-4-23-12)24(7-13(18)19)14(25)15(20,21)22/h1-2,5,9,12-13,23H,3-4,6-7H2/t9-,12+/m1/s1. The van der Waals surface area contributed by atoms with Crippen molar-refractivity contribution in [2.45, 2.75) is 37.5 Å². The summed E-state index contributed by atoms with van der Waals surface area (Å²) in [4.78, 5) is 11.6. The zero-order valence-electron chi connectivity index (χ0n) is 12.8. The molecule has 1 aromatic rings. The van der Waals surface area contributed by atoms with Gasteiger partial charge in [0.1, 0.15) is 11.6 Å². The molecule has 1 saturated heterocycles. The Bertz CT molecular complexity index is 620. The van der Waals surface area contributed by atoms with Gasteiger partial charge < -0.3 is 10.2 Å². The monoisotopic (exact) mass is 372 g/mol. The summed E-state index contributed by atoms with van der Waals surface area (Å²) in [6.07, 6.45) is -8.69. The van der Waals surface area contributed by atoms with Gasteiger partial charge >= 0.3 is 12.1 Å². The molecule has 2 atom stereocenters. The van der Waals surface area contributed by atoms with E-state index in [0.717, 1.165) is 18.2 Å². The number of halogens is 7. The number of carbonyl (C=O) groups excluding carboxylic acids is 1. The molecule has 0 bridgehead atoms. The van der Waals surface area contributed by atoms with E-state index in [4.69, 9.17) is 0 Å². The molecule has 1 fully saturated rings. The van der Waals surface area contributed by atoms with E-state index in [0.29, 0.717) is 0 Å². The summed E-state index contributed by atoms with van der Waals surface area (Å²) in [6.45, 7) is -1.31. The van der Waals surface area contributed by atoms with Crippen molar-refractivity contribution >= 4 is 5.91 Å². The molecule has 10 heteroatoms. The van der Waals surface area contributed by atoms with Crippen LogP contribution in [0.4, 0.5) is 30.7 Å². The van der Waals surface area contributed by atoms with E-state index in [-0.39, 0.29) is 29.8 Å². The van der Waals surface area contributed by atoms with E-state index in [1.165, 1.54) is 0 Å². The van der Waals surface area contributed by atoms with Crippen LogP contribution >= 0.6 is 0 Å². The summed E-state index contributed by atoms with van der Waals surface area (Å²) < 4.78 is 90.5. The molecule has 25 heavy (non-hydrogen) atoms. The largest absolute Gasteiger partial charge is 0.471 e. The number of nitrogens with zero attached hydrogens (tertiary/aromatic N) is 1. The number of rotatable bonds is 4. The lowest BCUT2D eigenvalue weighted by molar-refractivity contribution is -0.190. The molecule has 2 rings (SSSR count). The molecular formula is C15H15F7N2O. The van der Waals surface area contributed by atoms with Gasteiger partial charge in [0.2, 0.25) is 0 Å². The number of carbonyl (C=O) groups is 1. The Kier molecular flexibility index (Phi) is 5.91. The lowest BCUT2D eigenvalue weighted by Crippen LogP contribution is -2.52. The highest BCUT2D eigenvalue weighted by Gasteiger charge is 2.46. The van der Waals surface area contributed by atoms with Gasteiger partial charge in [0, 0.05) is 17.6 Å². The molecule has 1 aliphatic heterocycles. The average molecular weight is 372 g/mol. The van der Waals surface area contributed by atoms with Crippen molar-refractivity contribution in [1.29, 1.82) is 0 Å². The van der Waals surface area contributed by atoms with E-state index in [9.17, 15) is 35.5 Å². The van der Waals surface area contributed by atoms with Crippen molar-refractivity contribution in [3.05, 3.63) is 35.4 Å². The van der Waals surface area contributed by atoms with Gasteiger partial charge in [-0.25, -0.2) is 17.6 Å². The van der Waals surface area contributed by atoms with Gasteiger partial charge in [-0.15, -0.1) is 0 Å². The molecule has 140 valence electrons. The smallest absolute Gasteiger partial charge is 0.326 e. The molecule has 0 unspecified atom stereocenters. The fourth-order valence-electron chi connectivity index (χ4n) is 2.91. The summed E-state index contributed by atoms with van der Waals surface area (Å²) in [7, 11) is 0. The third-order valence-electron chi connectivity index (χ3n) is 3.99. The minimum Gasteiger partial charge on any atom is -0.326 e. The molecule has 1 heterocycles. The second kappa shape index (κ2) is 7.59. The van der Waals surface area contributed by atoms with Gasteiger partial charge in [-0.2, -0.15) is 13.2 Å². The Balaban J connectivity index is 2.24. The van der Waals surface area contributed by atoms with Crippen LogP contribution in [0.15, 0.2) is 18.2 Å². The first-order valence-electron chi connectivity index (χ1n) is 7.44. The zero-order valence-corrected chi connectivity index (χ0v) is 12.8. The van der Waals surface area contributed by atoms with E-state index in [1.807, 2.05) is 0 Å². The van der Waals surface area contributed by atoms with Crippen LogP contribution in [-0.4, -0.2) is 42.5 Å². The highest BCUT2D eigenvalue weighted by atomic mass is 19.4. The summed E-state index contributed by atoms with van der Waals surface area (Å²) in [6, 6.07) is 0.578. The molecule has 0 aliphatic carbocycles. The predicted molar refractivity (Wildman–Crippen MR) is 73.9 cm³/mol. The molecule has 0 spiro atoms. The normalized spacial score (nSPS) is 21.4. The number of amides is 1. The Labute approximate surface area is 138 Å². The van der Waals surface area contributed by atoms with Crippen LogP contribution in [-0.2, 0) is 4.79 Å². The predicted octanol–water partition coefficient (Wildman–Crippen LogP) is 3.41. The van der Waals surface area contributed by atoms with E-state index < -0.39 is 48.8 Å². The van der Waals surface area contributed by atoms with Crippen LogP contribution in [0.25, 0.3) is 0 Å². The SMILES string of the molecule is O=C(N(CC(F)F)[C@@H]1CCN[C@H](c2cc(F)ccc2F)C1)C(F)(F)F. The highest BCUT2D eigenvalue weighted by molar-refractivity contribution is 5.82. The first-order valence-corrected chi connectivity index (χ1v) is 7.44. The molecule has 0 saturated carbocycles. The first-order chi connectivity index (χ1) is 11.6. The quantitative estimate of drug-likeness (QED) is 0.822. The van der Waals surface area contributed by atoms with Gasteiger partial charge in [-0.1, -0.05) is 0 Å². The van der Waals surface area contributed by atoms with Crippen molar-refractivity contribution in [3.8, 4) is 0 Å². The molecule has 1 N–H and O–H groups in total. The molecule has 1 aliphatic rings. The van der Waals surface area contributed by atoms with E-state index in [1.54, 1.807) is 0 Å². The van der Waals surface area contributed by atoms with Crippen molar-refractivity contribution in [3.63, 3.8) is 0 Å². The number of nitrogens with one attached hydrogen (secondary N) is 1. The fourth-order valence-corrected chi connectivity index (χ4v) is 2.91. The number of alkyl halides is 5. The van der Waals surface area contributed by atoms with Crippen molar-refractivity contribution in [1.82, 2.24) is 10.2 Å². The van der Waals surface area contributed by atoms with Gasteiger partial charge in [-0.05, 0) is 37.6 Å². The Morgan fingerprint density at radius 2 is 1.96 bits per heavy atom. The van der Waals surface area contributed by atoms with Gasteiger partial charge in [0.25, 0.3) is 6.43 Å². The molecule has 0 aromatic heterocycles. The maximum atomic E-state index is 13.9. The average Bonchev–Trinajstić information content (AvgIpc) is 2.53. The van der Waals surface area contributed by atoms with Gasteiger partial charge in [-0.3, -0.25) is 4.79 Å². The molecule has 1 amide bonds. The Morgan fingerprint density at radius 3 is 2.56 bits per heavy atom. The second-order valence-corrected chi connectivity index (χ2v) is 5.70. The zero-order chi connectivity index (χ0) is 18.8. The van der Waals surface area contributed by atoms with Crippen LogP contribution in [0.2, 0.25) is 0 Å². The summed E-state index contributed by atoms with van der Waals surface area (Å²) in [5.41, 5.74) is -0.124. The maximum absolute atomic E-state index is 13.9. The van der Waals surface area contributed by atoms with Crippen LogP contribution in [0, 0.1) is 11.6 Å². The maximum Gasteiger partial charge on any atom is 0.471 e. The first kappa shape index (κ1) is 19.5. The van der Waals surface area contributed by atoms with Crippen molar-refractivity contribution in [2.75, 3.05) is 13.1 Å². The number of hydrogen-bond donors (Lipinski definition) is 1. The highest BCUT2D eigenvalue weighted by Crippen LogP contribution is 2.31. The fraction of sp³-hybridized carbons (Fsp3) is 0.533. The Morgan fingerprint density at radius 1 is 1.28 bits per heavy atom. The number of benzene rings is 1. The summed E-state index contributed by atoms with van der Waals surface area (Å²) >= 11 is 0. The number of hydrogen-bond acceptors (Lipinski definition) is 2. The lowest BCUT2D eigenvalue weighted by Gasteiger charge is -2.38. The van der Waals surface area contributed by atoms with E-state index in [2.05, 4.69) is 5.32 Å². The third kappa shape index (κ3) is 4.83. The van der Waals surface area contributed by atoms with Crippen LogP contribution in [0.1, 0.15) is 24.4 Å². The number of piperidine rings is 1. The summed E-state index contributed by atoms with van der Waals surface area (Å²) in [5, 5.41) is 2.81. The van der Waals surface area contributed by atoms with Crippen molar-refractivity contribution in [2.24, 2.45) is 0 Å². The molecular weight excluding hydrogens is 357 g/mol. The second-order valence-electron chi connectivity index (χ2n) is 5.70. The van der Waals surface area contributed by atoms with Crippen LogP contribution < -0.4 is 5.32 Å². The third-order valence-corrected chi connectivity index (χ3v) is 3.99. The molecule has 0 radical (unpaired) electrons. The Hall–Kier alpha value is -1.84. The minimum absolute atomic E-state index is 0.0119. The molecule has 3 nitrogen and oxygen atoms in total. The van der Waals surface area contributed by atoms with Crippen molar-refractivity contribution < 1.29 is 35.5 Å². The summed E-state index contributed by atoms with van der Waals surface area (Å²) in [5.74, 6) is -3.88. The van der Waals surface area contributed by atoms with Gasteiger partial charge in [0.15, 0.2) is 0 Å². The van der Waals surface area contributed by atoms with Crippen LogP contribution in [0.3, 0.4) is 0 Å². The topological polar surface area (TPSA) is 32.3 Å². The minimum atomic E-state index is -5.29. The van der Waals surface area contributed by atoms with Crippen LogP contribution in [0.5, 0.6) is 0 Å². The van der Waals surface area contributed by atoms with Gasteiger partial charge in [0.05, 0.1) is 6.54 Å². The molecule has 1 aromatic carbocycles.